The molecule has 4 nitrogen and oxygen atoms in total. The van der Waals surface area contributed by atoms with E-state index >= 15 is 0 Å². The highest BCUT2D eigenvalue weighted by molar-refractivity contribution is 7.80. The molecule has 106 valence electrons. The fraction of sp³-hybridized carbons (Fsp3) is 0.714. The van der Waals surface area contributed by atoms with E-state index in [0.717, 1.165) is 42.2 Å². The monoisotopic (exact) mass is 281 g/mol. The first-order valence-electron chi connectivity index (χ1n) is 6.78. The summed E-state index contributed by atoms with van der Waals surface area (Å²) < 4.78 is 0. The van der Waals surface area contributed by atoms with Gasteiger partial charge in [-0.15, -0.1) is 0 Å². The summed E-state index contributed by atoms with van der Waals surface area (Å²) in [6, 6.07) is 0.210. The lowest BCUT2D eigenvalue weighted by Crippen LogP contribution is -2.44. The van der Waals surface area contributed by atoms with Crippen LogP contribution in [0.15, 0.2) is 0 Å². The van der Waals surface area contributed by atoms with Crippen LogP contribution in [0.4, 0.5) is 0 Å². The SMILES string of the molecule is Cc1nc(C)c(C(S)C2CC(O)CCN2C)nc1C. The number of aryl methyl sites for hydroxylation is 3. The van der Waals surface area contributed by atoms with Gasteiger partial charge in [0.05, 0.1) is 34.1 Å². The maximum absolute atomic E-state index is 9.86. The number of aliphatic hydroxyl groups excluding tert-OH is 1. The Bertz CT molecular complexity index is 466. The molecule has 3 atom stereocenters. The van der Waals surface area contributed by atoms with E-state index in [4.69, 9.17) is 12.6 Å². The second-order valence-corrected chi connectivity index (χ2v) is 6.09. The Balaban J connectivity index is 2.28. The molecule has 5 heteroatoms. The molecule has 3 unspecified atom stereocenters. The molecule has 1 aliphatic rings. The van der Waals surface area contributed by atoms with Gasteiger partial charge >= 0.3 is 0 Å². The van der Waals surface area contributed by atoms with E-state index in [1.165, 1.54) is 0 Å². The molecular formula is C14H23N3OS. The van der Waals surface area contributed by atoms with Gasteiger partial charge in [0.15, 0.2) is 0 Å². The molecular weight excluding hydrogens is 258 g/mol. The van der Waals surface area contributed by atoms with E-state index < -0.39 is 0 Å². The molecule has 0 radical (unpaired) electrons. The smallest absolute Gasteiger partial charge is 0.0762 e. The van der Waals surface area contributed by atoms with Crippen LogP contribution in [0.2, 0.25) is 0 Å². The summed E-state index contributed by atoms with van der Waals surface area (Å²) >= 11 is 4.76. The normalized spacial score (nSPS) is 26.4. The number of rotatable bonds is 2. The molecule has 0 aromatic carbocycles. The predicted molar refractivity (Wildman–Crippen MR) is 79.6 cm³/mol. The van der Waals surface area contributed by atoms with Gasteiger partial charge in [0, 0.05) is 12.6 Å². The summed E-state index contributed by atoms with van der Waals surface area (Å²) in [5, 5.41) is 9.86. The highest BCUT2D eigenvalue weighted by Gasteiger charge is 2.32. The molecule has 1 fully saturated rings. The summed E-state index contributed by atoms with van der Waals surface area (Å²) in [4.78, 5) is 11.5. The Labute approximate surface area is 120 Å². The molecule has 1 N–H and O–H groups in total. The number of aromatic nitrogens is 2. The van der Waals surface area contributed by atoms with Crippen molar-refractivity contribution in [2.24, 2.45) is 0 Å². The topological polar surface area (TPSA) is 49.3 Å². The number of hydrogen-bond acceptors (Lipinski definition) is 5. The molecule has 0 spiro atoms. The van der Waals surface area contributed by atoms with Crippen molar-refractivity contribution >= 4 is 12.6 Å². The van der Waals surface area contributed by atoms with Crippen LogP contribution >= 0.6 is 12.6 Å². The summed E-state index contributed by atoms with van der Waals surface area (Å²) in [5.74, 6) is 0. The van der Waals surface area contributed by atoms with Crippen molar-refractivity contribution in [3.8, 4) is 0 Å². The van der Waals surface area contributed by atoms with Gasteiger partial charge in [-0.3, -0.25) is 9.97 Å². The molecule has 1 aromatic heterocycles. The molecule has 0 saturated carbocycles. The summed E-state index contributed by atoms with van der Waals surface area (Å²) in [7, 11) is 2.09. The van der Waals surface area contributed by atoms with Crippen molar-refractivity contribution in [3.05, 3.63) is 22.8 Å². The van der Waals surface area contributed by atoms with Gasteiger partial charge in [-0.2, -0.15) is 12.6 Å². The van der Waals surface area contributed by atoms with E-state index in [1.54, 1.807) is 0 Å². The first kappa shape index (κ1) is 14.8. The van der Waals surface area contributed by atoms with Gasteiger partial charge in [0.25, 0.3) is 0 Å². The van der Waals surface area contributed by atoms with Gasteiger partial charge < -0.3 is 10.0 Å². The number of hydrogen-bond donors (Lipinski definition) is 2. The fourth-order valence-corrected chi connectivity index (χ4v) is 3.25. The van der Waals surface area contributed by atoms with E-state index in [-0.39, 0.29) is 17.4 Å². The van der Waals surface area contributed by atoms with Crippen LogP contribution in [-0.2, 0) is 0 Å². The van der Waals surface area contributed by atoms with E-state index in [9.17, 15) is 5.11 Å². The number of likely N-dealkylation sites (N-methyl/N-ethyl adjacent to an activating group) is 1. The molecule has 2 heterocycles. The second kappa shape index (κ2) is 5.77. The molecule has 0 amide bonds. The summed E-state index contributed by atoms with van der Waals surface area (Å²) in [5.41, 5.74) is 3.81. The molecule has 19 heavy (non-hydrogen) atoms. The lowest BCUT2D eigenvalue weighted by Gasteiger charge is -2.38. The van der Waals surface area contributed by atoms with Crippen molar-refractivity contribution < 1.29 is 5.11 Å². The lowest BCUT2D eigenvalue weighted by atomic mass is 9.95. The third-order valence-electron chi connectivity index (χ3n) is 4.06. The molecule has 2 rings (SSSR count). The highest BCUT2D eigenvalue weighted by Crippen LogP contribution is 2.33. The first-order chi connectivity index (χ1) is 8.90. The van der Waals surface area contributed by atoms with E-state index in [0.29, 0.717) is 0 Å². The van der Waals surface area contributed by atoms with Crippen LogP contribution in [0.5, 0.6) is 0 Å². The van der Waals surface area contributed by atoms with Crippen LogP contribution in [0.3, 0.4) is 0 Å². The Kier molecular flexibility index (Phi) is 4.48. The number of likely N-dealkylation sites (tertiary alicyclic amines) is 1. The number of piperidine rings is 1. The van der Waals surface area contributed by atoms with E-state index in [2.05, 4.69) is 21.9 Å². The summed E-state index contributed by atoms with van der Waals surface area (Å²) in [6.07, 6.45) is 1.36. The Morgan fingerprint density at radius 1 is 1.21 bits per heavy atom. The van der Waals surface area contributed by atoms with Crippen LogP contribution in [0.1, 0.15) is 40.9 Å². The van der Waals surface area contributed by atoms with Crippen molar-refractivity contribution in [3.63, 3.8) is 0 Å². The van der Waals surface area contributed by atoms with Crippen molar-refractivity contribution in [2.75, 3.05) is 13.6 Å². The number of nitrogens with zero attached hydrogens (tertiary/aromatic N) is 3. The Morgan fingerprint density at radius 3 is 2.53 bits per heavy atom. The third kappa shape index (κ3) is 3.09. The van der Waals surface area contributed by atoms with Crippen molar-refractivity contribution in [1.29, 1.82) is 0 Å². The third-order valence-corrected chi connectivity index (χ3v) is 4.65. The van der Waals surface area contributed by atoms with E-state index in [1.807, 2.05) is 20.8 Å². The second-order valence-electron chi connectivity index (χ2n) is 5.54. The number of thiol groups is 1. The molecule has 1 aromatic rings. The van der Waals surface area contributed by atoms with Crippen LogP contribution in [0, 0.1) is 20.8 Å². The molecule has 1 saturated heterocycles. The van der Waals surface area contributed by atoms with Crippen LogP contribution in [-0.4, -0.2) is 45.7 Å². The zero-order valence-electron chi connectivity index (χ0n) is 12.1. The van der Waals surface area contributed by atoms with Gasteiger partial charge in [-0.25, -0.2) is 0 Å². The molecule has 0 bridgehead atoms. The predicted octanol–water partition coefficient (Wildman–Crippen LogP) is 1.83. The molecule has 0 aliphatic carbocycles. The quantitative estimate of drug-likeness (QED) is 0.812. The fourth-order valence-electron chi connectivity index (χ4n) is 2.66. The van der Waals surface area contributed by atoms with Gasteiger partial charge in [0.1, 0.15) is 0 Å². The Hall–Kier alpha value is -0.650. The maximum Gasteiger partial charge on any atom is 0.0762 e. The zero-order chi connectivity index (χ0) is 14.2. The van der Waals surface area contributed by atoms with Crippen LogP contribution < -0.4 is 0 Å². The average Bonchev–Trinajstić information content (AvgIpc) is 2.36. The van der Waals surface area contributed by atoms with Crippen molar-refractivity contribution in [2.45, 2.75) is 51.0 Å². The highest BCUT2D eigenvalue weighted by atomic mass is 32.1. The molecule has 1 aliphatic heterocycles. The lowest BCUT2D eigenvalue weighted by molar-refractivity contribution is 0.0544. The first-order valence-corrected chi connectivity index (χ1v) is 7.30. The van der Waals surface area contributed by atoms with Gasteiger partial charge in [-0.05, 0) is 40.7 Å². The minimum Gasteiger partial charge on any atom is -0.393 e. The standard InChI is InChI=1S/C14H23N3OS/c1-8-9(2)16-13(10(3)15-8)14(19)12-7-11(18)5-6-17(12)4/h11-12,14,18-19H,5-7H2,1-4H3. The average molecular weight is 281 g/mol. The van der Waals surface area contributed by atoms with Gasteiger partial charge in [-0.1, -0.05) is 0 Å². The summed E-state index contributed by atoms with van der Waals surface area (Å²) in [6.45, 7) is 6.84. The number of aliphatic hydroxyl groups is 1. The maximum atomic E-state index is 9.86. The minimum atomic E-state index is -0.226. The Morgan fingerprint density at radius 2 is 1.84 bits per heavy atom. The van der Waals surface area contributed by atoms with Crippen LogP contribution in [0.25, 0.3) is 0 Å². The largest absolute Gasteiger partial charge is 0.393 e. The zero-order valence-corrected chi connectivity index (χ0v) is 13.0. The van der Waals surface area contributed by atoms with Gasteiger partial charge in [0.2, 0.25) is 0 Å². The minimum absolute atomic E-state index is 0.00764. The van der Waals surface area contributed by atoms with Crippen molar-refractivity contribution in [1.82, 2.24) is 14.9 Å².